The van der Waals surface area contributed by atoms with E-state index in [9.17, 15) is 0 Å². The second-order valence-electron chi connectivity index (χ2n) is 2.78. The van der Waals surface area contributed by atoms with Gasteiger partial charge in [-0.3, -0.25) is 0 Å². The van der Waals surface area contributed by atoms with Crippen molar-refractivity contribution in [2.24, 2.45) is 10.3 Å². The number of nitrogens with zero attached hydrogens (tertiary/aromatic N) is 2. The number of oxime groups is 2. The van der Waals surface area contributed by atoms with Crippen LogP contribution < -0.4 is 0 Å². The summed E-state index contributed by atoms with van der Waals surface area (Å²) in [5.41, 5.74) is 2.14. The van der Waals surface area contributed by atoms with Crippen molar-refractivity contribution in [2.75, 3.05) is 0 Å². The minimum atomic E-state index is 0.232. The van der Waals surface area contributed by atoms with E-state index in [-0.39, 0.29) is 5.71 Å². The van der Waals surface area contributed by atoms with E-state index in [1.54, 1.807) is 0 Å². The molecule has 4 heteroatoms. The third-order valence-corrected chi connectivity index (χ3v) is 1.95. The Hall–Kier alpha value is -1.84. The van der Waals surface area contributed by atoms with Gasteiger partial charge in [0.1, 0.15) is 5.71 Å². The quantitative estimate of drug-likeness (QED) is 0.436. The fraction of sp³-hybridized carbons (Fsp3) is 0.200. The van der Waals surface area contributed by atoms with Gasteiger partial charge in [-0.05, 0) is 12.0 Å². The molecule has 1 rings (SSSR count). The van der Waals surface area contributed by atoms with Gasteiger partial charge in [-0.25, -0.2) is 0 Å². The van der Waals surface area contributed by atoms with Gasteiger partial charge in [-0.15, -0.1) is 0 Å². The van der Waals surface area contributed by atoms with E-state index in [1.807, 2.05) is 24.3 Å². The van der Waals surface area contributed by atoms with Crippen LogP contribution in [0.1, 0.15) is 18.1 Å². The Morgan fingerprint density at radius 3 is 2.36 bits per heavy atom. The third-order valence-electron chi connectivity index (χ3n) is 1.95. The average Bonchev–Trinajstić information content (AvgIpc) is 2.26. The van der Waals surface area contributed by atoms with Crippen LogP contribution in [0.3, 0.4) is 0 Å². The molecule has 0 aliphatic rings. The molecule has 0 heterocycles. The molecule has 0 bridgehead atoms. The second-order valence-corrected chi connectivity index (χ2v) is 2.78. The molecule has 0 aliphatic carbocycles. The van der Waals surface area contributed by atoms with Crippen molar-refractivity contribution in [1.82, 2.24) is 0 Å². The molecule has 0 amide bonds. The first kappa shape index (κ1) is 10.2. The lowest BCUT2D eigenvalue weighted by Gasteiger charge is -1.99. The maximum atomic E-state index is 8.62. The molecular formula is C10H12N2O2. The fourth-order valence-corrected chi connectivity index (χ4v) is 1.12. The van der Waals surface area contributed by atoms with E-state index in [0.717, 1.165) is 12.6 Å². The summed E-state index contributed by atoms with van der Waals surface area (Å²) < 4.78 is 0. The van der Waals surface area contributed by atoms with Gasteiger partial charge in [0.05, 0.1) is 6.21 Å². The predicted octanol–water partition coefficient (Wildman–Crippen LogP) is 1.89. The van der Waals surface area contributed by atoms with Crippen LogP contribution in [0.2, 0.25) is 0 Å². The Kier molecular flexibility index (Phi) is 3.67. The highest BCUT2D eigenvalue weighted by molar-refractivity contribution is 6.37. The summed E-state index contributed by atoms with van der Waals surface area (Å²) in [4.78, 5) is 0. The van der Waals surface area contributed by atoms with E-state index in [4.69, 9.17) is 10.4 Å². The number of benzene rings is 1. The van der Waals surface area contributed by atoms with Crippen LogP contribution in [0.5, 0.6) is 0 Å². The van der Waals surface area contributed by atoms with Crippen LogP contribution in [-0.4, -0.2) is 22.3 Å². The molecule has 4 nitrogen and oxygen atoms in total. The summed E-state index contributed by atoms with van der Waals surface area (Å²) in [7, 11) is 0. The highest BCUT2D eigenvalue weighted by Gasteiger charge is 2.00. The van der Waals surface area contributed by atoms with Crippen LogP contribution in [0.25, 0.3) is 0 Å². The predicted molar refractivity (Wildman–Crippen MR) is 54.4 cm³/mol. The van der Waals surface area contributed by atoms with Gasteiger partial charge in [0.15, 0.2) is 0 Å². The topological polar surface area (TPSA) is 65.2 Å². The number of hydrogen-bond acceptors (Lipinski definition) is 4. The van der Waals surface area contributed by atoms with Gasteiger partial charge in [-0.2, -0.15) is 0 Å². The Labute approximate surface area is 82.2 Å². The molecule has 0 saturated carbocycles. The maximum Gasteiger partial charge on any atom is 0.131 e. The van der Waals surface area contributed by atoms with Crippen LogP contribution in [0.15, 0.2) is 34.6 Å². The van der Waals surface area contributed by atoms with Crippen molar-refractivity contribution in [2.45, 2.75) is 13.3 Å². The zero-order chi connectivity index (χ0) is 10.4. The molecule has 0 aromatic heterocycles. The Balaban J connectivity index is 2.96. The Morgan fingerprint density at radius 2 is 1.93 bits per heavy atom. The van der Waals surface area contributed by atoms with Gasteiger partial charge in [0.25, 0.3) is 0 Å². The van der Waals surface area contributed by atoms with Gasteiger partial charge >= 0.3 is 0 Å². The lowest BCUT2D eigenvalue weighted by Crippen LogP contribution is -2.02. The molecule has 0 fully saturated rings. The van der Waals surface area contributed by atoms with Gasteiger partial charge in [-0.1, -0.05) is 41.5 Å². The number of rotatable bonds is 3. The van der Waals surface area contributed by atoms with Gasteiger partial charge in [0, 0.05) is 5.56 Å². The SMILES string of the molecule is CCc1ccc(C(C=NO)=NO)cc1. The fourth-order valence-electron chi connectivity index (χ4n) is 1.12. The van der Waals surface area contributed by atoms with Crippen LogP contribution in [-0.2, 0) is 6.42 Å². The van der Waals surface area contributed by atoms with Gasteiger partial charge in [0.2, 0.25) is 0 Å². The van der Waals surface area contributed by atoms with E-state index in [1.165, 1.54) is 5.56 Å². The zero-order valence-electron chi connectivity index (χ0n) is 7.88. The monoisotopic (exact) mass is 192 g/mol. The largest absolute Gasteiger partial charge is 0.411 e. The molecule has 0 unspecified atom stereocenters. The second kappa shape index (κ2) is 5.01. The smallest absolute Gasteiger partial charge is 0.131 e. The number of aryl methyl sites for hydroxylation is 1. The molecule has 1 aromatic carbocycles. The third kappa shape index (κ3) is 2.32. The first-order valence-electron chi connectivity index (χ1n) is 4.30. The summed E-state index contributed by atoms with van der Waals surface area (Å²) >= 11 is 0. The molecule has 0 atom stereocenters. The maximum absolute atomic E-state index is 8.62. The molecule has 2 N–H and O–H groups in total. The number of hydrogen-bond donors (Lipinski definition) is 2. The van der Waals surface area contributed by atoms with Crippen molar-refractivity contribution < 1.29 is 10.4 Å². The van der Waals surface area contributed by atoms with E-state index in [2.05, 4.69) is 17.2 Å². The first-order chi connectivity index (χ1) is 6.81. The minimum absolute atomic E-state index is 0.232. The Bertz CT molecular complexity index is 342. The lowest BCUT2D eigenvalue weighted by atomic mass is 10.1. The van der Waals surface area contributed by atoms with Crippen molar-refractivity contribution in [3.63, 3.8) is 0 Å². The standard InChI is InChI=1S/C10H12N2O2/c1-2-8-3-5-9(6-4-8)10(12-14)7-11-13/h3-7,13-14H,2H2,1H3. The highest BCUT2D eigenvalue weighted by Crippen LogP contribution is 2.05. The minimum Gasteiger partial charge on any atom is -0.411 e. The summed E-state index contributed by atoms with van der Waals surface area (Å²) in [6, 6.07) is 7.50. The van der Waals surface area contributed by atoms with Crippen LogP contribution in [0.4, 0.5) is 0 Å². The summed E-state index contributed by atoms with van der Waals surface area (Å²) in [5, 5.41) is 22.8. The lowest BCUT2D eigenvalue weighted by molar-refractivity contribution is 0.316. The molecule has 0 saturated heterocycles. The van der Waals surface area contributed by atoms with E-state index >= 15 is 0 Å². The Morgan fingerprint density at radius 1 is 1.29 bits per heavy atom. The van der Waals surface area contributed by atoms with Crippen molar-refractivity contribution in [3.05, 3.63) is 35.4 Å². The molecule has 0 spiro atoms. The van der Waals surface area contributed by atoms with Crippen molar-refractivity contribution in [3.8, 4) is 0 Å². The zero-order valence-corrected chi connectivity index (χ0v) is 7.88. The van der Waals surface area contributed by atoms with E-state index < -0.39 is 0 Å². The normalized spacial score (nSPS) is 12.2. The molecular weight excluding hydrogens is 180 g/mol. The van der Waals surface area contributed by atoms with Crippen LogP contribution >= 0.6 is 0 Å². The molecule has 1 aromatic rings. The highest BCUT2D eigenvalue weighted by atomic mass is 16.4. The first-order valence-corrected chi connectivity index (χ1v) is 4.30. The molecule has 0 radical (unpaired) electrons. The van der Waals surface area contributed by atoms with E-state index in [0.29, 0.717) is 5.56 Å². The summed E-state index contributed by atoms with van der Waals surface area (Å²) in [6.45, 7) is 2.06. The molecule has 14 heavy (non-hydrogen) atoms. The summed E-state index contributed by atoms with van der Waals surface area (Å²) in [6.07, 6.45) is 2.04. The van der Waals surface area contributed by atoms with Gasteiger partial charge < -0.3 is 10.4 Å². The summed E-state index contributed by atoms with van der Waals surface area (Å²) in [5.74, 6) is 0. The van der Waals surface area contributed by atoms with Crippen LogP contribution in [0, 0.1) is 0 Å². The van der Waals surface area contributed by atoms with Crippen molar-refractivity contribution in [1.29, 1.82) is 0 Å². The average molecular weight is 192 g/mol. The van der Waals surface area contributed by atoms with Crippen molar-refractivity contribution >= 4 is 11.9 Å². The molecule has 74 valence electrons. The molecule has 0 aliphatic heterocycles.